The Morgan fingerprint density at radius 2 is 1.67 bits per heavy atom. The number of nitrogens with zero attached hydrogens (tertiary/aromatic N) is 2. The molecule has 2 rings (SSSR count). The van der Waals surface area contributed by atoms with Crippen LogP contribution in [0.25, 0.3) is 0 Å². The van der Waals surface area contributed by atoms with Crippen LogP contribution in [0.15, 0.2) is 24.3 Å². The molecule has 0 aromatic heterocycles. The van der Waals surface area contributed by atoms with Gasteiger partial charge in [0.25, 0.3) is 5.91 Å². The number of anilines is 1. The van der Waals surface area contributed by atoms with E-state index in [0.717, 1.165) is 0 Å². The SMILES string of the molecule is CC(C)(C)OC(=O)N1CCN(C(=O)COc2ccccc2N)CC1. The van der Waals surface area contributed by atoms with Gasteiger partial charge in [0.1, 0.15) is 11.4 Å². The summed E-state index contributed by atoms with van der Waals surface area (Å²) in [6, 6.07) is 7.05. The van der Waals surface area contributed by atoms with Gasteiger partial charge in [-0.2, -0.15) is 0 Å². The minimum absolute atomic E-state index is 0.0688. The summed E-state index contributed by atoms with van der Waals surface area (Å²) in [6.07, 6.45) is -0.345. The van der Waals surface area contributed by atoms with Crippen LogP contribution in [-0.2, 0) is 9.53 Å². The fourth-order valence-electron chi connectivity index (χ4n) is 2.31. The number of rotatable bonds is 3. The van der Waals surface area contributed by atoms with Crippen LogP contribution in [0.2, 0.25) is 0 Å². The van der Waals surface area contributed by atoms with E-state index in [4.69, 9.17) is 15.2 Å². The summed E-state index contributed by atoms with van der Waals surface area (Å²) >= 11 is 0. The maximum Gasteiger partial charge on any atom is 0.410 e. The van der Waals surface area contributed by atoms with E-state index in [9.17, 15) is 9.59 Å². The lowest BCUT2D eigenvalue weighted by atomic mass is 10.2. The quantitative estimate of drug-likeness (QED) is 0.850. The van der Waals surface area contributed by atoms with Gasteiger partial charge in [-0.3, -0.25) is 4.79 Å². The number of hydrogen-bond acceptors (Lipinski definition) is 5. The molecule has 0 saturated carbocycles. The maximum atomic E-state index is 12.2. The van der Waals surface area contributed by atoms with Crippen LogP contribution >= 0.6 is 0 Å². The van der Waals surface area contributed by atoms with Crippen LogP contribution in [0.3, 0.4) is 0 Å². The number of piperazine rings is 1. The average molecular weight is 335 g/mol. The topological polar surface area (TPSA) is 85.1 Å². The molecule has 2 N–H and O–H groups in total. The number of carbonyl (C=O) groups excluding carboxylic acids is 2. The summed E-state index contributed by atoms with van der Waals surface area (Å²) in [5, 5.41) is 0. The number of carbonyl (C=O) groups is 2. The predicted octanol–water partition coefficient (Wildman–Crippen LogP) is 1.73. The zero-order valence-electron chi connectivity index (χ0n) is 14.4. The molecular weight excluding hydrogens is 310 g/mol. The first kappa shape index (κ1) is 17.9. The Morgan fingerprint density at radius 3 is 2.25 bits per heavy atom. The molecule has 1 aromatic rings. The number of para-hydroxylation sites is 2. The Kier molecular flexibility index (Phi) is 5.54. The van der Waals surface area contributed by atoms with Crippen molar-refractivity contribution < 1.29 is 19.1 Å². The third kappa shape index (κ3) is 5.04. The summed E-state index contributed by atoms with van der Waals surface area (Å²) in [5.41, 5.74) is 5.76. The molecule has 0 spiro atoms. The zero-order chi connectivity index (χ0) is 17.7. The monoisotopic (exact) mass is 335 g/mol. The summed E-state index contributed by atoms with van der Waals surface area (Å²) in [4.78, 5) is 27.5. The Balaban J connectivity index is 1.78. The summed E-state index contributed by atoms with van der Waals surface area (Å²) in [5.74, 6) is 0.375. The molecule has 1 aliphatic rings. The number of amides is 2. The van der Waals surface area contributed by atoms with E-state index in [1.165, 1.54) is 0 Å². The van der Waals surface area contributed by atoms with Crippen molar-refractivity contribution in [3.8, 4) is 5.75 Å². The van der Waals surface area contributed by atoms with E-state index in [1.807, 2.05) is 20.8 Å². The predicted molar refractivity (Wildman–Crippen MR) is 90.7 cm³/mol. The van der Waals surface area contributed by atoms with E-state index >= 15 is 0 Å². The van der Waals surface area contributed by atoms with Crippen molar-refractivity contribution >= 4 is 17.7 Å². The van der Waals surface area contributed by atoms with Gasteiger partial charge in [0.05, 0.1) is 5.69 Å². The molecule has 7 heteroatoms. The first-order valence-corrected chi connectivity index (χ1v) is 7.99. The van der Waals surface area contributed by atoms with Gasteiger partial charge in [0, 0.05) is 26.2 Å². The largest absolute Gasteiger partial charge is 0.482 e. The second kappa shape index (κ2) is 7.42. The molecule has 0 radical (unpaired) electrons. The molecular formula is C17H25N3O4. The highest BCUT2D eigenvalue weighted by molar-refractivity contribution is 5.78. The third-order valence-electron chi connectivity index (χ3n) is 3.55. The van der Waals surface area contributed by atoms with Crippen LogP contribution in [0.4, 0.5) is 10.5 Å². The average Bonchev–Trinajstić information content (AvgIpc) is 2.52. The van der Waals surface area contributed by atoms with Gasteiger partial charge in [-0.15, -0.1) is 0 Å². The van der Waals surface area contributed by atoms with E-state index in [1.54, 1.807) is 34.1 Å². The smallest absolute Gasteiger partial charge is 0.410 e. The first-order valence-electron chi connectivity index (χ1n) is 7.99. The van der Waals surface area contributed by atoms with E-state index in [0.29, 0.717) is 37.6 Å². The molecule has 0 atom stereocenters. The number of benzene rings is 1. The highest BCUT2D eigenvalue weighted by Gasteiger charge is 2.27. The number of nitrogen functional groups attached to an aromatic ring is 1. The van der Waals surface area contributed by atoms with Gasteiger partial charge in [-0.1, -0.05) is 12.1 Å². The summed E-state index contributed by atoms with van der Waals surface area (Å²) in [6.45, 7) is 7.26. The van der Waals surface area contributed by atoms with Crippen LogP contribution < -0.4 is 10.5 Å². The second-order valence-corrected chi connectivity index (χ2v) is 6.67. The zero-order valence-corrected chi connectivity index (χ0v) is 14.4. The summed E-state index contributed by atoms with van der Waals surface area (Å²) in [7, 11) is 0. The molecule has 1 aliphatic heterocycles. The van der Waals surface area contributed by atoms with Crippen molar-refractivity contribution in [2.45, 2.75) is 26.4 Å². The molecule has 0 bridgehead atoms. The lowest BCUT2D eigenvalue weighted by Crippen LogP contribution is -2.52. The normalized spacial score (nSPS) is 15.1. The molecule has 24 heavy (non-hydrogen) atoms. The highest BCUT2D eigenvalue weighted by Crippen LogP contribution is 2.19. The van der Waals surface area contributed by atoms with Gasteiger partial charge >= 0.3 is 6.09 Å². The van der Waals surface area contributed by atoms with Crippen LogP contribution in [0.1, 0.15) is 20.8 Å². The molecule has 1 fully saturated rings. The Labute approximate surface area is 142 Å². The summed E-state index contributed by atoms with van der Waals surface area (Å²) < 4.78 is 10.8. The van der Waals surface area contributed by atoms with Crippen molar-refractivity contribution in [2.75, 3.05) is 38.5 Å². The van der Waals surface area contributed by atoms with Crippen molar-refractivity contribution in [1.29, 1.82) is 0 Å². The number of hydrogen-bond donors (Lipinski definition) is 1. The molecule has 1 aromatic carbocycles. The highest BCUT2D eigenvalue weighted by atomic mass is 16.6. The second-order valence-electron chi connectivity index (χ2n) is 6.67. The van der Waals surface area contributed by atoms with Crippen molar-refractivity contribution in [2.24, 2.45) is 0 Å². The van der Waals surface area contributed by atoms with E-state index in [2.05, 4.69) is 0 Å². The fourth-order valence-corrected chi connectivity index (χ4v) is 2.31. The lowest BCUT2D eigenvalue weighted by Gasteiger charge is -2.35. The number of nitrogens with two attached hydrogens (primary N) is 1. The third-order valence-corrected chi connectivity index (χ3v) is 3.55. The number of ether oxygens (including phenoxy) is 2. The van der Waals surface area contributed by atoms with Crippen molar-refractivity contribution in [1.82, 2.24) is 9.80 Å². The maximum absolute atomic E-state index is 12.2. The minimum Gasteiger partial charge on any atom is -0.482 e. The fraction of sp³-hybridized carbons (Fsp3) is 0.529. The molecule has 7 nitrogen and oxygen atoms in total. The Bertz CT molecular complexity index is 590. The van der Waals surface area contributed by atoms with Gasteiger partial charge in [-0.25, -0.2) is 4.79 Å². The lowest BCUT2D eigenvalue weighted by molar-refractivity contribution is -0.135. The van der Waals surface area contributed by atoms with Crippen LogP contribution in [-0.4, -0.2) is 60.2 Å². The molecule has 2 amide bonds. The molecule has 1 heterocycles. The van der Waals surface area contributed by atoms with Crippen LogP contribution in [0.5, 0.6) is 5.75 Å². The van der Waals surface area contributed by atoms with Gasteiger partial charge in [0.2, 0.25) is 0 Å². The van der Waals surface area contributed by atoms with Gasteiger partial charge in [-0.05, 0) is 32.9 Å². The van der Waals surface area contributed by atoms with Gasteiger partial charge < -0.3 is 25.0 Å². The van der Waals surface area contributed by atoms with Crippen molar-refractivity contribution in [3.63, 3.8) is 0 Å². The molecule has 0 aliphatic carbocycles. The van der Waals surface area contributed by atoms with Crippen LogP contribution in [0, 0.1) is 0 Å². The minimum atomic E-state index is -0.520. The van der Waals surface area contributed by atoms with E-state index < -0.39 is 5.60 Å². The van der Waals surface area contributed by atoms with E-state index in [-0.39, 0.29) is 18.6 Å². The Morgan fingerprint density at radius 1 is 1.08 bits per heavy atom. The molecule has 1 saturated heterocycles. The molecule has 0 unspecified atom stereocenters. The standard InChI is InChI=1S/C17H25N3O4/c1-17(2,3)24-16(22)20-10-8-19(9-11-20)15(21)12-23-14-7-5-4-6-13(14)18/h4-7H,8-12,18H2,1-3H3. The Hall–Kier alpha value is -2.44. The first-order chi connectivity index (χ1) is 11.3. The molecule has 132 valence electrons. The van der Waals surface area contributed by atoms with Gasteiger partial charge in [0.15, 0.2) is 6.61 Å². The van der Waals surface area contributed by atoms with Crippen molar-refractivity contribution in [3.05, 3.63) is 24.3 Å².